The summed E-state index contributed by atoms with van der Waals surface area (Å²) in [5, 5.41) is 23.2. The minimum atomic E-state index is -1.15. The summed E-state index contributed by atoms with van der Waals surface area (Å²) in [7, 11) is 0. The summed E-state index contributed by atoms with van der Waals surface area (Å²) in [6.07, 6.45) is 0. The molecule has 0 atom stereocenters. The van der Waals surface area contributed by atoms with Crippen LogP contribution in [0, 0.1) is 0 Å². The van der Waals surface area contributed by atoms with Crippen molar-refractivity contribution >= 4 is 34.6 Å². The number of carbonyl (C=O) groups is 2. The minimum absolute atomic E-state index is 0.00108. The van der Waals surface area contributed by atoms with E-state index in [-0.39, 0.29) is 34.0 Å². The van der Waals surface area contributed by atoms with Crippen molar-refractivity contribution in [1.82, 2.24) is 5.32 Å². The Kier molecular flexibility index (Phi) is 6.37. The second kappa shape index (κ2) is 9.38. The molecule has 0 aromatic heterocycles. The molecule has 1 heterocycles. The predicted molar refractivity (Wildman–Crippen MR) is 128 cm³/mol. The van der Waals surface area contributed by atoms with Crippen molar-refractivity contribution in [2.45, 2.75) is 6.92 Å². The number of carboxylic acids is 1. The van der Waals surface area contributed by atoms with Gasteiger partial charge in [-0.05, 0) is 53.8 Å². The summed E-state index contributed by atoms with van der Waals surface area (Å²) in [4.78, 5) is 36.8. The van der Waals surface area contributed by atoms with E-state index in [0.29, 0.717) is 34.2 Å². The Morgan fingerprint density at radius 2 is 1.85 bits per heavy atom. The number of thioether (sulfide) groups is 1. The monoisotopic (exact) mass is 463 g/mol. The summed E-state index contributed by atoms with van der Waals surface area (Å²) in [6, 6.07) is 13.2. The maximum atomic E-state index is 12.7. The molecule has 2 aliphatic rings. The van der Waals surface area contributed by atoms with Crippen molar-refractivity contribution in [3.05, 3.63) is 75.9 Å². The van der Waals surface area contributed by atoms with Crippen LogP contribution in [0.3, 0.4) is 0 Å². The Bertz CT molecular complexity index is 1390. The van der Waals surface area contributed by atoms with Crippen molar-refractivity contribution in [1.29, 1.82) is 0 Å². The van der Waals surface area contributed by atoms with E-state index < -0.39 is 5.97 Å². The lowest BCUT2D eigenvalue weighted by Gasteiger charge is -2.17. The van der Waals surface area contributed by atoms with Gasteiger partial charge in [-0.3, -0.25) is 9.59 Å². The lowest BCUT2D eigenvalue weighted by atomic mass is 9.89. The molecule has 2 aromatic rings. The molecule has 0 spiro atoms. The SMILES string of the molecule is CCSCCNC(=O)c1ccc(C(=O)O)c(-c2c3ccc(=O)cc-3oc3cc(O)ccc23)c1. The molecule has 168 valence electrons. The largest absolute Gasteiger partial charge is 0.508 e. The topological polar surface area (TPSA) is 117 Å². The number of aromatic carboxylic acids is 1. The van der Waals surface area contributed by atoms with Gasteiger partial charge in [-0.2, -0.15) is 11.8 Å². The fourth-order valence-electron chi connectivity index (χ4n) is 3.71. The van der Waals surface area contributed by atoms with Crippen LogP contribution >= 0.6 is 11.8 Å². The highest BCUT2D eigenvalue weighted by atomic mass is 32.2. The molecule has 0 unspecified atom stereocenters. The summed E-state index contributed by atoms with van der Waals surface area (Å²) in [6.45, 7) is 2.54. The third-order valence-corrected chi connectivity index (χ3v) is 6.10. The molecule has 0 fully saturated rings. The number of fused-ring (bicyclic) bond motifs is 2. The molecule has 7 nitrogen and oxygen atoms in total. The van der Waals surface area contributed by atoms with Gasteiger partial charge >= 0.3 is 5.97 Å². The van der Waals surface area contributed by atoms with E-state index in [9.17, 15) is 24.6 Å². The average molecular weight is 464 g/mol. The van der Waals surface area contributed by atoms with Crippen LogP contribution in [0.5, 0.6) is 5.75 Å². The molecule has 33 heavy (non-hydrogen) atoms. The maximum absolute atomic E-state index is 12.7. The highest BCUT2D eigenvalue weighted by Crippen LogP contribution is 2.42. The summed E-state index contributed by atoms with van der Waals surface area (Å²) in [5.41, 5.74) is 1.67. The van der Waals surface area contributed by atoms with Crippen LogP contribution in [0.4, 0.5) is 0 Å². The molecule has 4 rings (SSSR count). The van der Waals surface area contributed by atoms with Crippen LogP contribution < -0.4 is 10.7 Å². The van der Waals surface area contributed by atoms with E-state index in [1.165, 1.54) is 42.5 Å². The smallest absolute Gasteiger partial charge is 0.336 e. The Hall–Kier alpha value is -3.78. The van der Waals surface area contributed by atoms with Gasteiger partial charge in [0.25, 0.3) is 5.91 Å². The first-order chi connectivity index (χ1) is 15.9. The highest BCUT2D eigenvalue weighted by Gasteiger charge is 2.23. The minimum Gasteiger partial charge on any atom is -0.508 e. The number of hydrogen-bond acceptors (Lipinski definition) is 6. The van der Waals surface area contributed by atoms with Crippen molar-refractivity contribution in [2.24, 2.45) is 0 Å². The van der Waals surface area contributed by atoms with Crippen molar-refractivity contribution in [3.8, 4) is 28.2 Å². The van der Waals surface area contributed by atoms with Crippen LogP contribution in [-0.2, 0) is 0 Å². The number of benzene rings is 3. The first-order valence-electron chi connectivity index (χ1n) is 10.3. The van der Waals surface area contributed by atoms with Gasteiger partial charge in [-0.1, -0.05) is 6.92 Å². The molecular weight excluding hydrogens is 442 g/mol. The van der Waals surface area contributed by atoms with Gasteiger partial charge < -0.3 is 19.9 Å². The van der Waals surface area contributed by atoms with Gasteiger partial charge in [-0.15, -0.1) is 0 Å². The molecule has 0 saturated carbocycles. The molecular formula is C25H21NO6S. The number of carboxylic acid groups (broad SMARTS) is 1. The molecule has 8 heteroatoms. The van der Waals surface area contributed by atoms with Crippen LogP contribution in [-0.4, -0.2) is 40.1 Å². The average Bonchev–Trinajstić information content (AvgIpc) is 2.79. The van der Waals surface area contributed by atoms with Gasteiger partial charge in [0.05, 0.1) is 5.56 Å². The second-order valence-electron chi connectivity index (χ2n) is 7.33. The Morgan fingerprint density at radius 1 is 1.03 bits per heavy atom. The lowest BCUT2D eigenvalue weighted by molar-refractivity contribution is 0.0697. The van der Waals surface area contributed by atoms with Crippen molar-refractivity contribution in [3.63, 3.8) is 0 Å². The standard InChI is InChI=1S/C25H21NO6S/c1-2-33-10-9-26-24(29)14-3-6-17(25(30)31)20(11-14)23-18-7-4-15(27)12-21(18)32-22-13-16(28)5-8-19(22)23/h3-8,11-13,27H,2,9-10H2,1H3,(H,26,29)(H,30,31). The number of hydrogen-bond donors (Lipinski definition) is 3. The molecule has 0 radical (unpaired) electrons. The number of carbonyl (C=O) groups excluding carboxylic acids is 1. The molecule has 2 aromatic carbocycles. The summed E-state index contributed by atoms with van der Waals surface area (Å²) < 4.78 is 5.84. The molecule has 0 bridgehead atoms. The van der Waals surface area contributed by atoms with Crippen molar-refractivity contribution < 1.29 is 24.2 Å². The molecule has 1 aliphatic heterocycles. The van der Waals surface area contributed by atoms with Gasteiger partial charge in [0.2, 0.25) is 0 Å². The first kappa shape index (κ1) is 22.4. The predicted octanol–water partition coefficient (Wildman–Crippen LogP) is 4.45. The summed E-state index contributed by atoms with van der Waals surface area (Å²) in [5.74, 6) is 0.479. The van der Waals surface area contributed by atoms with Crippen LogP contribution in [0.25, 0.3) is 33.4 Å². The fourth-order valence-corrected chi connectivity index (χ4v) is 4.25. The van der Waals surface area contributed by atoms with Crippen LogP contribution in [0.2, 0.25) is 0 Å². The van der Waals surface area contributed by atoms with Gasteiger partial charge in [0.1, 0.15) is 17.1 Å². The maximum Gasteiger partial charge on any atom is 0.336 e. The van der Waals surface area contributed by atoms with E-state index in [0.717, 1.165) is 11.5 Å². The Morgan fingerprint density at radius 3 is 2.61 bits per heavy atom. The number of nitrogens with one attached hydrogen (secondary N) is 1. The van der Waals surface area contributed by atoms with E-state index >= 15 is 0 Å². The molecule has 1 aliphatic carbocycles. The first-order valence-corrected chi connectivity index (χ1v) is 11.5. The van der Waals surface area contributed by atoms with E-state index in [2.05, 4.69) is 5.32 Å². The number of phenolic OH excluding ortho intramolecular Hbond substituents is 1. The zero-order valence-electron chi connectivity index (χ0n) is 17.8. The Balaban J connectivity index is 1.95. The van der Waals surface area contributed by atoms with E-state index in [4.69, 9.17) is 4.42 Å². The molecule has 3 N–H and O–H groups in total. The molecule has 1 amide bonds. The van der Waals surface area contributed by atoms with Crippen LogP contribution in [0.15, 0.2) is 63.8 Å². The summed E-state index contributed by atoms with van der Waals surface area (Å²) >= 11 is 1.71. The lowest BCUT2D eigenvalue weighted by Crippen LogP contribution is -2.26. The van der Waals surface area contributed by atoms with Crippen molar-refractivity contribution in [2.75, 3.05) is 18.1 Å². The highest BCUT2D eigenvalue weighted by molar-refractivity contribution is 7.99. The van der Waals surface area contributed by atoms with E-state index in [1.54, 1.807) is 23.9 Å². The number of aromatic hydroxyl groups is 1. The Labute approximate surface area is 193 Å². The zero-order valence-corrected chi connectivity index (χ0v) is 18.6. The van der Waals surface area contributed by atoms with Gasteiger partial charge in [0, 0.05) is 46.5 Å². The number of phenols is 1. The zero-order chi connectivity index (χ0) is 23.5. The second-order valence-corrected chi connectivity index (χ2v) is 8.73. The number of amides is 1. The van der Waals surface area contributed by atoms with E-state index in [1.807, 2.05) is 6.92 Å². The third-order valence-electron chi connectivity index (χ3n) is 5.19. The van der Waals surface area contributed by atoms with Gasteiger partial charge in [-0.25, -0.2) is 4.79 Å². The third kappa shape index (κ3) is 4.56. The quantitative estimate of drug-likeness (QED) is 0.274. The fraction of sp³-hybridized carbons (Fsp3) is 0.160. The van der Waals surface area contributed by atoms with Crippen LogP contribution in [0.1, 0.15) is 27.6 Å². The normalized spacial score (nSPS) is 11.1. The van der Waals surface area contributed by atoms with Gasteiger partial charge in [0.15, 0.2) is 5.43 Å². The number of rotatable bonds is 7. The molecule has 0 saturated heterocycles.